The highest BCUT2D eigenvalue weighted by Crippen LogP contribution is 2.48. The van der Waals surface area contributed by atoms with Crippen LogP contribution in [0.25, 0.3) is 0 Å². The Morgan fingerprint density at radius 2 is 2.00 bits per heavy atom. The summed E-state index contributed by atoms with van der Waals surface area (Å²) in [6.07, 6.45) is 4.19. The van der Waals surface area contributed by atoms with Gasteiger partial charge < -0.3 is 21.6 Å². The molecule has 7 N–H and O–H groups in total. The Bertz CT molecular complexity index is 824. The Hall–Kier alpha value is -2.57. The number of benzene rings is 2. The molecule has 144 valence electrons. The molecule has 1 saturated carbocycles. The second kappa shape index (κ2) is 7.98. The third kappa shape index (κ3) is 3.63. The molecule has 2 atom stereocenters. The van der Waals surface area contributed by atoms with Crippen LogP contribution in [0.5, 0.6) is 0 Å². The van der Waals surface area contributed by atoms with Crippen LogP contribution in [0.15, 0.2) is 54.2 Å². The van der Waals surface area contributed by atoms with Gasteiger partial charge in [-0.3, -0.25) is 5.84 Å². The standard InChI is InChI=1S/C21H27FN4O/c1-14-6-5-9-16(13-25-12-15-7-3-2-4-8-15)21(14,27)19-17(22)10-11-18(26-24)20(19)23/h2-4,7-8,10-11,13-14,25-27H,5-6,9,12,23-24H2,1H3/b16-13+. The maximum absolute atomic E-state index is 14.8. The molecule has 0 saturated heterocycles. The average molecular weight is 370 g/mol. The molecule has 1 fully saturated rings. The summed E-state index contributed by atoms with van der Waals surface area (Å²) in [5.41, 5.74) is 9.65. The van der Waals surface area contributed by atoms with Gasteiger partial charge in [0, 0.05) is 12.1 Å². The smallest absolute Gasteiger partial charge is 0.131 e. The van der Waals surface area contributed by atoms with Crippen molar-refractivity contribution >= 4 is 11.4 Å². The molecule has 0 heterocycles. The first-order valence-corrected chi connectivity index (χ1v) is 9.22. The summed E-state index contributed by atoms with van der Waals surface area (Å²) in [5, 5.41) is 14.9. The van der Waals surface area contributed by atoms with Crippen molar-refractivity contribution in [3.63, 3.8) is 0 Å². The number of hydrogen-bond donors (Lipinski definition) is 5. The van der Waals surface area contributed by atoms with Crippen LogP contribution < -0.4 is 22.3 Å². The monoisotopic (exact) mass is 370 g/mol. The highest BCUT2D eigenvalue weighted by Gasteiger charge is 2.45. The minimum Gasteiger partial charge on any atom is -0.397 e. The molecule has 1 aliphatic carbocycles. The van der Waals surface area contributed by atoms with Crippen LogP contribution in [-0.2, 0) is 12.1 Å². The molecule has 27 heavy (non-hydrogen) atoms. The molecule has 3 rings (SSSR count). The summed E-state index contributed by atoms with van der Waals surface area (Å²) in [4.78, 5) is 0. The Labute approximate surface area is 159 Å². The van der Waals surface area contributed by atoms with E-state index in [0.29, 0.717) is 18.7 Å². The van der Waals surface area contributed by atoms with Crippen LogP contribution in [0.4, 0.5) is 15.8 Å². The van der Waals surface area contributed by atoms with Crippen LogP contribution in [0.1, 0.15) is 37.3 Å². The zero-order valence-corrected chi connectivity index (χ0v) is 15.5. The molecular formula is C21H27FN4O. The van der Waals surface area contributed by atoms with Crippen molar-refractivity contribution in [1.82, 2.24) is 5.32 Å². The maximum atomic E-state index is 14.8. The van der Waals surface area contributed by atoms with Crippen LogP contribution in [-0.4, -0.2) is 5.11 Å². The van der Waals surface area contributed by atoms with E-state index in [9.17, 15) is 9.50 Å². The molecule has 0 radical (unpaired) electrons. The molecular weight excluding hydrogens is 343 g/mol. The fraction of sp³-hybridized carbons (Fsp3) is 0.333. The predicted octanol–water partition coefficient (Wildman–Crippen LogP) is 3.37. The van der Waals surface area contributed by atoms with E-state index < -0.39 is 11.4 Å². The third-order valence-corrected chi connectivity index (χ3v) is 5.44. The van der Waals surface area contributed by atoms with E-state index in [2.05, 4.69) is 10.7 Å². The first kappa shape index (κ1) is 19.2. The van der Waals surface area contributed by atoms with E-state index in [-0.39, 0.29) is 17.2 Å². The number of aliphatic hydroxyl groups is 1. The van der Waals surface area contributed by atoms with Gasteiger partial charge in [-0.25, -0.2) is 4.39 Å². The van der Waals surface area contributed by atoms with Gasteiger partial charge in [0.1, 0.15) is 11.4 Å². The summed E-state index contributed by atoms with van der Waals surface area (Å²) in [7, 11) is 0. The lowest BCUT2D eigenvalue weighted by Crippen LogP contribution is -2.41. The number of hydrazine groups is 1. The van der Waals surface area contributed by atoms with Gasteiger partial charge in [-0.05, 0) is 54.6 Å². The molecule has 2 aromatic rings. The molecule has 6 heteroatoms. The van der Waals surface area contributed by atoms with Gasteiger partial charge >= 0.3 is 0 Å². The average Bonchev–Trinajstić information content (AvgIpc) is 2.66. The number of nitrogens with one attached hydrogen (secondary N) is 2. The minimum atomic E-state index is -1.48. The highest BCUT2D eigenvalue weighted by atomic mass is 19.1. The second-order valence-corrected chi connectivity index (χ2v) is 7.12. The van der Waals surface area contributed by atoms with Crippen LogP contribution in [0.2, 0.25) is 0 Å². The predicted molar refractivity (Wildman–Crippen MR) is 107 cm³/mol. The number of anilines is 2. The Kier molecular flexibility index (Phi) is 5.68. The van der Waals surface area contributed by atoms with Crippen LogP contribution in [0.3, 0.4) is 0 Å². The largest absolute Gasteiger partial charge is 0.397 e. The quantitative estimate of drug-likeness (QED) is 0.316. The summed E-state index contributed by atoms with van der Waals surface area (Å²) in [5.74, 6) is 4.78. The molecule has 0 bridgehead atoms. The van der Waals surface area contributed by atoms with Crippen molar-refractivity contribution in [2.45, 2.75) is 38.3 Å². The molecule has 1 aliphatic rings. The van der Waals surface area contributed by atoms with E-state index in [1.807, 2.05) is 43.5 Å². The van der Waals surface area contributed by atoms with Crippen molar-refractivity contribution in [2.24, 2.45) is 11.8 Å². The number of rotatable bonds is 5. The molecule has 2 aromatic carbocycles. The van der Waals surface area contributed by atoms with Crippen molar-refractivity contribution < 1.29 is 9.50 Å². The van der Waals surface area contributed by atoms with Gasteiger partial charge in [-0.15, -0.1) is 0 Å². The zero-order chi connectivity index (χ0) is 19.4. The lowest BCUT2D eigenvalue weighted by atomic mass is 9.68. The second-order valence-electron chi connectivity index (χ2n) is 7.12. The fourth-order valence-corrected chi connectivity index (χ4v) is 3.90. The van der Waals surface area contributed by atoms with Gasteiger partial charge in [-0.1, -0.05) is 37.3 Å². The number of hydrogen-bond acceptors (Lipinski definition) is 5. The molecule has 5 nitrogen and oxygen atoms in total. The van der Waals surface area contributed by atoms with Gasteiger partial charge in [0.2, 0.25) is 0 Å². The molecule has 0 amide bonds. The van der Waals surface area contributed by atoms with Crippen LogP contribution >= 0.6 is 0 Å². The Morgan fingerprint density at radius 1 is 1.26 bits per heavy atom. The topological polar surface area (TPSA) is 96.3 Å². The van der Waals surface area contributed by atoms with E-state index in [1.165, 1.54) is 12.1 Å². The minimum absolute atomic E-state index is 0.0953. The van der Waals surface area contributed by atoms with Crippen molar-refractivity contribution in [3.05, 3.63) is 71.2 Å². The van der Waals surface area contributed by atoms with E-state index in [4.69, 9.17) is 11.6 Å². The van der Waals surface area contributed by atoms with E-state index in [1.54, 1.807) is 0 Å². The van der Waals surface area contributed by atoms with E-state index in [0.717, 1.165) is 24.0 Å². The first-order valence-electron chi connectivity index (χ1n) is 9.22. The van der Waals surface area contributed by atoms with Gasteiger partial charge in [-0.2, -0.15) is 0 Å². The first-order chi connectivity index (χ1) is 13.0. The highest BCUT2D eigenvalue weighted by molar-refractivity contribution is 5.72. The van der Waals surface area contributed by atoms with Gasteiger partial charge in [0.15, 0.2) is 0 Å². The van der Waals surface area contributed by atoms with Crippen molar-refractivity contribution in [3.8, 4) is 0 Å². The normalized spacial score (nSPS) is 24.0. The number of halogens is 1. The summed E-state index contributed by atoms with van der Waals surface area (Å²) in [6, 6.07) is 12.7. The van der Waals surface area contributed by atoms with Gasteiger partial charge in [0.05, 0.1) is 11.4 Å². The molecule has 0 aromatic heterocycles. The van der Waals surface area contributed by atoms with Crippen molar-refractivity contribution in [2.75, 3.05) is 11.2 Å². The lowest BCUT2D eigenvalue weighted by Gasteiger charge is -2.42. The molecule has 2 unspecified atom stereocenters. The van der Waals surface area contributed by atoms with Gasteiger partial charge in [0.25, 0.3) is 0 Å². The molecule has 0 aliphatic heterocycles. The lowest BCUT2D eigenvalue weighted by molar-refractivity contribution is -0.00327. The summed E-state index contributed by atoms with van der Waals surface area (Å²) >= 11 is 0. The number of nitrogen functional groups attached to an aromatic ring is 2. The maximum Gasteiger partial charge on any atom is 0.131 e. The number of nitrogens with two attached hydrogens (primary N) is 2. The fourth-order valence-electron chi connectivity index (χ4n) is 3.90. The third-order valence-electron chi connectivity index (χ3n) is 5.44. The summed E-state index contributed by atoms with van der Waals surface area (Å²) < 4.78 is 14.8. The SMILES string of the molecule is CC1CCC/C(=C\NCc2ccccc2)C1(O)c1c(F)ccc(NN)c1N. The zero-order valence-electron chi connectivity index (χ0n) is 15.5. The summed E-state index contributed by atoms with van der Waals surface area (Å²) in [6.45, 7) is 2.54. The van der Waals surface area contributed by atoms with Crippen LogP contribution in [0, 0.1) is 11.7 Å². The molecule has 0 spiro atoms. The Morgan fingerprint density at radius 3 is 2.70 bits per heavy atom. The Balaban J connectivity index is 1.97. The van der Waals surface area contributed by atoms with Crippen molar-refractivity contribution in [1.29, 1.82) is 0 Å². The van der Waals surface area contributed by atoms with E-state index >= 15 is 0 Å².